The molecule has 3 aromatic rings. The minimum Gasteiger partial charge on any atom is -0.490 e. The fourth-order valence-electron chi connectivity index (χ4n) is 4.83. The molecule has 0 saturated carbocycles. The van der Waals surface area contributed by atoms with Crippen LogP contribution in [-0.4, -0.2) is 49.2 Å². The summed E-state index contributed by atoms with van der Waals surface area (Å²) in [5.74, 6) is 0.603. The van der Waals surface area contributed by atoms with Crippen molar-refractivity contribution in [1.29, 1.82) is 0 Å². The fraction of sp³-hybridized carbons (Fsp3) is 0.407. The van der Waals surface area contributed by atoms with E-state index in [0.29, 0.717) is 24.4 Å². The van der Waals surface area contributed by atoms with Crippen LogP contribution >= 0.6 is 0 Å². The smallest absolute Gasteiger partial charge is 0.416 e. The van der Waals surface area contributed by atoms with Gasteiger partial charge in [-0.1, -0.05) is 0 Å². The van der Waals surface area contributed by atoms with E-state index in [2.05, 4.69) is 20.5 Å². The van der Waals surface area contributed by atoms with Crippen LogP contribution in [0.25, 0.3) is 10.9 Å². The van der Waals surface area contributed by atoms with Gasteiger partial charge in [-0.25, -0.2) is 0 Å². The van der Waals surface area contributed by atoms with Crippen molar-refractivity contribution in [3.8, 4) is 5.75 Å². The molecule has 2 fully saturated rings. The summed E-state index contributed by atoms with van der Waals surface area (Å²) in [7, 11) is 0. The van der Waals surface area contributed by atoms with E-state index in [9.17, 15) is 18.0 Å². The summed E-state index contributed by atoms with van der Waals surface area (Å²) in [6, 6.07) is 13.0. The fourth-order valence-corrected chi connectivity index (χ4v) is 4.83. The van der Waals surface area contributed by atoms with Gasteiger partial charge >= 0.3 is 6.18 Å². The van der Waals surface area contributed by atoms with Gasteiger partial charge in [-0.2, -0.15) is 13.2 Å². The zero-order chi connectivity index (χ0) is 25.1. The van der Waals surface area contributed by atoms with Crippen LogP contribution in [0, 0.1) is 0 Å². The number of rotatable bonds is 5. The average molecular weight is 499 g/mol. The van der Waals surface area contributed by atoms with E-state index in [1.165, 1.54) is 12.1 Å². The van der Waals surface area contributed by atoms with Crippen LogP contribution in [-0.2, 0) is 6.18 Å². The summed E-state index contributed by atoms with van der Waals surface area (Å²) in [5.41, 5.74) is 1.47. The first-order valence-corrected chi connectivity index (χ1v) is 12.4. The summed E-state index contributed by atoms with van der Waals surface area (Å²) in [6.07, 6.45) is 0.645. The Morgan fingerprint density at radius 2 is 1.72 bits per heavy atom. The predicted molar refractivity (Wildman–Crippen MR) is 132 cm³/mol. The first-order valence-electron chi connectivity index (χ1n) is 12.4. The number of aromatic nitrogens is 1. The Balaban J connectivity index is 1.19. The van der Waals surface area contributed by atoms with E-state index in [1.54, 1.807) is 6.20 Å². The monoisotopic (exact) mass is 498 g/mol. The number of fused-ring (bicyclic) bond motifs is 1. The number of carbonyl (C=O) groups excluding carboxylic acids is 1. The Morgan fingerprint density at radius 3 is 2.42 bits per heavy atom. The summed E-state index contributed by atoms with van der Waals surface area (Å²) in [5, 5.41) is 7.23. The Bertz CT molecular complexity index is 1200. The predicted octanol–water partition coefficient (Wildman–Crippen LogP) is 4.78. The molecule has 2 aliphatic rings. The van der Waals surface area contributed by atoms with E-state index in [-0.39, 0.29) is 18.1 Å². The second-order valence-corrected chi connectivity index (χ2v) is 9.43. The van der Waals surface area contributed by atoms with E-state index < -0.39 is 11.7 Å². The van der Waals surface area contributed by atoms with Gasteiger partial charge in [0.25, 0.3) is 5.91 Å². The van der Waals surface area contributed by atoms with Crippen molar-refractivity contribution >= 4 is 22.5 Å². The van der Waals surface area contributed by atoms with Gasteiger partial charge in [0.2, 0.25) is 0 Å². The molecule has 0 spiro atoms. The molecule has 36 heavy (non-hydrogen) atoms. The second-order valence-electron chi connectivity index (χ2n) is 9.43. The Labute approximate surface area is 207 Å². The topological polar surface area (TPSA) is 66.5 Å². The number of hydrogen-bond acceptors (Lipinski definition) is 5. The van der Waals surface area contributed by atoms with Gasteiger partial charge in [0, 0.05) is 49.2 Å². The molecule has 2 aliphatic heterocycles. The molecule has 2 aromatic carbocycles. The Hall–Kier alpha value is -3.33. The van der Waals surface area contributed by atoms with Crippen molar-refractivity contribution in [2.24, 2.45) is 0 Å². The molecule has 0 atom stereocenters. The molecule has 0 radical (unpaired) electrons. The maximum absolute atomic E-state index is 12.8. The van der Waals surface area contributed by atoms with Crippen molar-refractivity contribution in [1.82, 2.24) is 15.6 Å². The van der Waals surface area contributed by atoms with E-state index >= 15 is 0 Å². The van der Waals surface area contributed by atoms with Crippen molar-refractivity contribution in [2.45, 2.75) is 44.0 Å². The normalized spacial score (nSPS) is 17.8. The SMILES string of the molecule is O=C(NC1CCNCC1)c1cnc2ccc(OC3CCN(c4ccc(C(F)(F)F)cc4)CC3)cc2c1. The number of benzene rings is 2. The molecule has 9 heteroatoms. The molecule has 0 unspecified atom stereocenters. The van der Waals surface area contributed by atoms with Gasteiger partial charge in [-0.15, -0.1) is 0 Å². The summed E-state index contributed by atoms with van der Waals surface area (Å²) in [4.78, 5) is 19.2. The molecule has 0 aliphatic carbocycles. The Kier molecular flexibility index (Phi) is 7.00. The molecule has 2 N–H and O–H groups in total. The van der Waals surface area contributed by atoms with Crippen molar-refractivity contribution in [3.63, 3.8) is 0 Å². The summed E-state index contributed by atoms with van der Waals surface area (Å²) >= 11 is 0. The Morgan fingerprint density at radius 1 is 1.00 bits per heavy atom. The highest BCUT2D eigenvalue weighted by atomic mass is 19.4. The molecule has 6 nitrogen and oxygen atoms in total. The zero-order valence-corrected chi connectivity index (χ0v) is 19.9. The van der Waals surface area contributed by atoms with E-state index in [0.717, 1.165) is 67.5 Å². The molecule has 190 valence electrons. The quantitative estimate of drug-likeness (QED) is 0.530. The van der Waals surface area contributed by atoms with Gasteiger partial charge in [-0.05, 0) is 74.5 Å². The number of nitrogens with one attached hydrogen (secondary N) is 2. The molecule has 2 saturated heterocycles. The standard InChI is InChI=1S/C27H29F3N4O2/c28-27(29,30)20-1-3-22(4-2-20)34-13-9-23(10-14-34)36-24-5-6-25-18(16-24)15-19(17-32-25)26(35)33-21-7-11-31-12-8-21/h1-6,15-17,21,23,31H,7-14H2,(H,33,35). The summed E-state index contributed by atoms with van der Waals surface area (Å²) < 4.78 is 44.7. The van der Waals surface area contributed by atoms with Crippen molar-refractivity contribution in [2.75, 3.05) is 31.1 Å². The van der Waals surface area contributed by atoms with Crippen LogP contribution in [0.3, 0.4) is 0 Å². The first kappa shape index (κ1) is 24.4. The molecule has 0 bridgehead atoms. The third kappa shape index (κ3) is 5.73. The zero-order valence-electron chi connectivity index (χ0n) is 19.9. The lowest BCUT2D eigenvalue weighted by atomic mass is 10.1. The average Bonchev–Trinajstić information content (AvgIpc) is 2.89. The maximum Gasteiger partial charge on any atom is 0.416 e. The molecule has 1 amide bonds. The molecular formula is C27H29F3N4O2. The number of piperidine rings is 2. The largest absolute Gasteiger partial charge is 0.490 e. The van der Waals surface area contributed by atoms with Crippen LogP contribution in [0.4, 0.5) is 18.9 Å². The lowest BCUT2D eigenvalue weighted by Gasteiger charge is -2.34. The maximum atomic E-state index is 12.8. The summed E-state index contributed by atoms with van der Waals surface area (Å²) in [6.45, 7) is 3.22. The highest BCUT2D eigenvalue weighted by Crippen LogP contribution is 2.31. The number of carbonyl (C=O) groups is 1. The van der Waals surface area contributed by atoms with Gasteiger partial charge in [0.15, 0.2) is 0 Å². The van der Waals surface area contributed by atoms with E-state index in [4.69, 9.17) is 4.74 Å². The first-order chi connectivity index (χ1) is 17.3. The number of pyridine rings is 1. The number of ether oxygens (including phenoxy) is 1. The van der Waals surface area contributed by atoms with Crippen molar-refractivity contribution in [3.05, 3.63) is 65.9 Å². The van der Waals surface area contributed by atoms with Crippen LogP contribution in [0.2, 0.25) is 0 Å². The number of amides is 1. The second kappa shape index (κ2) is 10.3. The molecule has 1 aromatic heterocycles. The van der Waals surface area contributed by atoms with Gasteiger partial charge < -0.3 is 20.3 Å². The number of halogens is 3. The highest BCUT2D eigenvalue weighted by Gasteiger charge is 2.30. The lowest BCUT2D eigenvalue weighted by molar-refractivity contribution is -0.137. The number of alkyl halides is 3. The van der Waals surface area contributed by atoms with Crippen LogP contribution in [0.15, 0.2) is 54.7 Å². The van der Waals surface area contributed by atoms with Gasteiger partial charge in [0.05, 0.1) is 16.6 Å². The van der Waals surface area contributed by atoms with Gasteiger partial charge in [-0.3, -0.25) is 9.78 Å². The van der Waals surface area contributed by atoms with Crippen LogP contribution in [0.1, 0.15) is 41.6 Å². The third-order valence-corrected chi connectivity index (χ3v) is 6.89. The highest BCUT2D eigenvalue weighted by molar-refractivity contribution is 5.97. The lowest BCUT2D eigenvalue weighted by Crippen LogP contribution is -2.42. The van der Waals surface area contributed by atoms with Crippen LogP contribution in [0.5, 0.6) is 5.75 Å². The third-order valence-electron chi connectivity index (χ3n) is 6.89. The minimum atomic E-state index is -4.33. The number of nitrogens with zero attached hydrogens (tertiary/aromatic N) is 2. The number of hydrogen-bond donors (Lipinski definition) is 2. The minimum absolute atomic E-state index is 0.00694. The number of anilines is 1. The van der Waals surface area contributed by atoms with Crippen molar-refractivity contribution < 1.29 is 22.7 Å². The molecule has 5 rings (SSSR count). The van der Waals surface area contributed by atoms with Crippen LogP contribution < -0.4 is 20.3 Å². The molecule has 3 heterocycles. The van der Waals surface area contributed by atoms with E-state index in [1.807, 2.05) is 24.3 Å². The van der Waals surface area contributed by atoms with Gasteiger partial charge in [0.1, 0.15) is 11.9 Å². The molecular weight excluding hydrogens is 469 g/mol.